The molecular weight excluding hydrogens is 309 g/mol. The van der Waals surface area contributed by atoms with Crippen LogP contribution in [-0.2, 0) is 6.42 Å². The lowest BCUT2D eigenvalue weighted by Gasteiger charge is -2.17. The topological polar surface area (TPSA) is 46.1 Å². The highest BCUT2D eigenvalue weighted by molar-refractivity contribution is 6.34. The van der Waals surface area contributed by atoms with Crippen molar-refractivity contribution in [1.82, 2.24) is 15.1 Å². The molecule has 4 nitrogen and oxygen atoms in total. The number of hydrogen-bond acceptors (Lipinski definition) is 3. The molecule has 110 valence electrons. The second-order valence-corrected chi connectivity index (χ2v) is 5.43. The van der Waals surface area contributed by atoms with Gasteiger partial charge in [-0.05, 0) is 24.5 Å². The van der Waals surface area contributed by atoms with Crippen molar-refractivity contribution in [3.05, 3.63) is 57.8 Å². The summed E-state index contributed by atoms with van der Waals surface area (Å²) in [5.74, 6) is -0.204. The van der Waals surface area contributed by atoms with Crippen molar-refractivity contribution in [2.45, 2.75) is 12.8 Å². The lowest BCUT2D eigenvalue weighted by molar-refractivity contribution is 0.0793. The van der Waals surface area contributed by atoms with Crippen LogP contribution in [0.2, 0.25) is 10.3 Å². The number of hydrogen-bond donors (Lipinski definition) is 0. The molecule has 2 rings (SSSR count). The Morgan fingerprint density at radius 3 is 2.62 bits per heavy atom. The third-order valence-corrected chi connectivity index (χ3v) is 3.56. The van der Waals surface area contributed by atoms with E-state index in [1.54, 1.807) is 11.9 Å². The van der Waals surface area contributed by atoms with Gasteiger partial charge in [0.25, 0.3) is 5.91 Å². The summed E-state index contributed by atoms with van der Waals surface area (Å²) in [6.45, 7) is 0.629. The molecule has 1 aromatic carbocycles. The van der Waals surface area contributed by atoms with Gasteiger partial charge >= 0.3 is 0 Å². The summed E-state index contributed by atoms with van der Waals surface area (Å²) >= 11 is 11.6. The number of carbonyl (C=O) groups excluding carboxylic acids is 1. The Morgan fingerprint density at radius 1 is 1.19 bits per heavy atom. The number of nitrogens with zero attached hydrogens (tertiary/aromatic N) is 3. The van der Waals surface area contributed by atoms with Gasteiger partial charge in [0.1, 0.15) is 0 Å². The fourth-order valence-corrected chi connectivity index (χ4v) is 2.30. The molecule has 0 aliphatic heterocycles. The zero-order valence-corrected chi connectivity index (χ0v) is 13.1. The van der Waals surface area contributed by atoms with Gasteiger partial charge in [0.15, 0.2) is 10.3 Å². The van der Waals surface area contributed by atoms with E-state index in [0.717, 1.165) is 12.8 Å². The number of aryl methyl sites for hydroxylation is 1. The maximum Gasteiger partial charge on any atom is 0.256 e. The highest BCUT2D eigenvalue weighted by atomic mass is 35.5. The molecule has 0 aliphatic carbocycles. The van der Waals surface area contributed by atoms with Crippen molar-refractivity contribution in [3.8, 4) is 0 Å². The Kier molecular flexibility index (Phi) is 5.53. The van der Waals surface area contributed by atoms with E-state index in [-0.39, 0.29) is 21.8 Å². The highest BCUT2D eigenvalue weighted by Gasteiger charge is 2.17. The SMILES string of the molecule is CN(CCCc1ccccc1)C(=O)c1cc(Cl)nnc1Cl. The van der Waals surface area contributed by atoms with Crippen LogP contribution in [0.15, 0.2) is 36.4 Å². The lowest BCUT2D eigenvalue weighted by Crippen LogP contribution is -2.28. The van der Waals surface area contributed by atoms with Crippen LogP contribution in [0.4, 0.5) is 0 Å². The van der Waals surface area contributed by atoms with Crippen molar-refractivity contribution >= 4 is 29.1 Å². The zero-order valence-electron chi connectivity index (χ0n) is 11.6. The molecule has 0 spiro atoms. The summed E-state index contributed by atoms with van der Waals surface area (Å²) < 4.78 is 0. The zero-order chi connectivity index (χ0) is 15.2. The minimum atomic E-state index is -0.204. The summed E-state index contributed by atoms with van der Waals surface area (Å²) in [4.78, 5) is 13.9. The van der Waals surface area contributed by atoms with E-state index in [1.165, 1.54) is 11.6 Å². The van der Waals surface area contributed by atoms with Crippen molar-refractivity contribution in [1.29, 1.82) is 0 Å². The first-order valence-electron chi connectivity index (χ1n) is 6.56. The normalized spacial score (nSPS) is 10.4. The van der Waals surface area contributed by atoms with E-state index in [2.05, 4.69) is 22.3 Å². The first kappa shape index (κ1) is 15.7. The number of aromatic nitrogens is 2. The Labute approximate surface area is 133 Å². The van der Waals surface area contributed by atoms with Crippen LogP contribution in [-0.4, -0.2) is 34.6 Å². The Morgan fingerprint density at radius 2 is 1.90 bits per heavy atom. The van der Waals surface area contributed by atoms with Crippen LogP contribution in [0.3, 0.4) is 0 Å². The van der Waals surface area contributed by atoms with E-state index in [4.69, 9.17) is 23.2 Å². The summed E-state index contributed by atoms with van der Waals surface area (Å²) in [5, 5.41) is 7.46. The Bertz CT molecular complexity index is 620. The molecule has 0 bridgehead atoms. The van der Waals surface area contributed by atoms with Crippen LogP contribution in [0.5, 0.6) is 0 Å². The minimum Gasteiger partial charge on any atom is -0.342 e. The molecule has 0 atom stereocenters. The van der Waals surface area contributed by atoms with Gasteiger partial charge in [-0.1, -0.05) is 53.5 Å². The molecule has 0 fully saturated rings. The number of amides is 1. The van der Waals surface area contributed by atoms with Gasteiger partial charge in [0.05, 0.1) is 5.56 Å². The molecule has 0 radical (unpaired) electrons. The monoisotopic (exact) mass is 323 g/mol. The third kappa shape index (κ3) is 4.41. The minimum absolute atomic E-state index is 0.0688. The first-order valence-corrected chi connectivity index (χ1v) is 7.31. The fraction of sp³-hybridized carbons (Fsp3) is 0.267. The van der Waals surface area contributed by atoms with Crippen molar-refractivity contribution in [2.75, 3.05) is 13.6 Å². The van der Waals surface area contributed by atoms with Crippen LogP contribution in [0, 0.1) is 0 Å². The van der Waals surface area contributed by atoms with Crippen LogP contribution >= 0.6 is 23.2 Å². The third-order valence-electron chi connectivity index (χ3n) is 3.10. The van der Waals surface area contributed by atoms with Gasteiger partial charge in [0, 0.05) is 13.6 Å². The maximum atomic E-state index is 12.3. The molecule has 0 aliphatic rings. The molecular formula is C15H15Cl2N3O. The molecule has 21 heavy (non-hydrogen) atoms. The molecule has 2 aromatic rings. The average molecular weight is 324 g/mol. The van der Waals surface area contributed by atoms with E-state index in [1.807, 2.05) is 18.2 Å². The van der Waals surface area contributed by atoms with E-state index in [0.29, 0.717) is 6.54 Å². The Balaban J connectivity index is 1.92. The second kappa shape index (κ2) is 7.38. The van der Waals surface area contributed by atoms with Crippen molar-refractivity contribution < 1.29 is 4.79 Å². The number of halogens is 2. The van der Waals surface area contributed by atoms with E-state index >= 15 is 0 Å². The molecule has 6 heteroatoms. The quantitative estimate of drug-likeness (QED) is 0.846. The number of rotatable bonds is 5. The van der Waals surface area contributed by atoms with Gasteiger partial charge in [-0.3, -0.25) is 4.79 Å². The first-order chi connectivity index (χ1) is 10.1. The molecule has 0 unspecified atom stereocenters. The Hall–Kier alpha value is -1.65. The predicted molar refractivity (Wildman–Crippen MR) is 83.8 cm³/mol. The summed E-state index contributed by atoms with van der Waals surface area (Å²) in [5.41, 5.74) is 1.53. The van der Waals surface area contributed by atoms with Crippen LogP contribution in [0.25, 0.3) is 0 Å². The van der Waals surface area contributed by atoms with Crippen molar-refractivity contribution in [3.63, 3.8) is 0 Å². The lowest BCUT2D eigenvalue weighted by atomic mass is 10.1. The molecule has 1 amide bonds. The van der Waals surface area contributed by atoms with Crippen LogP contribution in [0.1, 0.15) is 22.3 Å². The molecule has 1 heterocycles. The van der Waals surface area contributed by atoms with Gasteiger partial charge in [-0.15, -0.1) is 10.2 Å². The summed E-state index contributed by atoms with van der Waals surface area (Å²) in [6, 6.07) is 11.6. The van der Waals surface area contributed by atoms with Gasteiger partial charge < -0.3 is 4.90 Å². The molecule has 0 saturated carbocycles. The standard InChI is InChI=1S/C15H15Cl2N3O/c1-20(9-5-8-11-6-3-2-4-7-11)15(21)12-10-13(16)18-19-14(12)17/h2-4,6-7,10H,5,8-9H2,1H3. The number of benzene rings is 1. The van der Waals surface area contributed by atoms with E-state index < -0.39 is 0 Å². The molecule has 0 saturated heterocycles. The second-order valence-electron chi connectivity index (χ2n) is 4.69. The smallest absolute Gasteiger partial charge is 0.256 e. The molecule has 0 N–H and O–H groups in total. The summed E-state index contributed by atoms with van der Waals surface area (Å²) in [6.07, 6.45) is 1.79. The van der Waals surface area contributed by atoms with Gasteiger partial charge in [0.2, 0.25) is 0 Å². The van der Waals surface area contributed by atoms with Gasteiger partial charge in [-0.25, -0.2) is 0 Å². The summed E-state index contributed by atoms with van der Waals surface area (Å²) in [7, 11) is 1.73. The molecule has 1 aromatic heterocycles. The van der Waals surface area contributed by atoms with Crippen molar-refractivity contribution in [2.24, 2.45) is 0 Å². The predicted octanol–water partition coefficient (Wildman–Crippen LogP) is 3.49. The average Bonchev–Trinajstić information content (AvgIpc) is 2.50. The van der Waals surface area contributed by atoms with Crippen LogP contribution < -0.4 is 0 Å². The number of carbonyl (C=O) groups is 1. The largest absolute Gasteiger partial charge is 0.342 e. The maximum absolute atomic E-state index is 12.3. The highest BCUT2D eigenvalue weighted by Crippen LogP contribution is 2.17. The van der Waals surface area contributed by atoms with Gasteiger partial charge in [-0.2, -0.15) is 0 Å². The fourth-order valence-electron chi connectivity index (χ4n) is 1.98. The van der Waals surface area contributed by atoms with E-state index in [9.17, 15) is 4.79 Å².